The zero-order chi connectivity index (χ0) is 37.6. The number of aliphatic hydroxyl groups is 1. The molecule has 6 aliphatic rings. The van der Waals surface area contributed by atoms with Gasteiger partial charge in [0.05, 0.1) is 12.7 Å². The lowest BCUT2D eigenvalue weighted by Gasteiger charge is -2.46. The van der Waals surface area contributed by atoms with Crippen LogP contribution < -0.4 is 10.6 Å². The van der Waals surface area contributed by atoms with Gasteiger partial charge in [-0.05, 0) is 113 Å². The van der Waals surface area contributed by atoms with Crippen molar-refractivity contribution in [2.75, 3.05) is 55.1 Å². The van der Waals surface area contributed by atoms with Crippen LogP contribution in [-0.4, -0.2) is 101 Å². The molecule has 0 radical (unpaired) electrons. The summed E-state index contributed by atoms with van der Waals surface area (Å²) >= 11 is 0. The highest BCUT2D eigenvalue weighted by atomic mass is 16.7. The number of hydrogen-bond acceptors (Lipinski definition) is 7. The number of rotatable bonds is 9. The second-order valence-electron chi connectivity index (χ2n) is 18.0. The Morgan fingerprint density at radius 1 is 0.922 bits per heavy atom. The van der Waals surface area contributed by atoms with Crippen LogP contribution >= 0.6 is 0 Å². The Bertz CT molecular complexity index is 984. The summed E-state index contributed by atoms with van der Waals surface area (Å²) in [4.78, 5) is 30.8. The molecule has 1 heterocycles. The van der Waals surface area contributed by atoms with Gasteiger partial charge in [0.2, 0.25) is 12.3 Å². The fraction of sp³-hybridized carbons (Fsp3) is 0.952. The van der Waals surface area contributed by atoms with Gasteiger partial charge in [-0.15, -0.1) is 0 Å². The van der Waals surface area contributed by atoms with E-state index in [1.807, 2.05) is 7.11 Å². The Hall–Kier alpha value is -1.26. The Morgan fingerprint density at radius 3 is 2.20 bits per heavy atom. The van der Waals surface area contributed by atoms with Gasteiger partial charge < -0.3 is 25.4 Å². The first-order valence-electron chi connectivity index (χ1n) is 20.9. The molecular formula is C42H80N4O5. The number of nitrogens with one attached hydrogen (secondary N) is 2. The Labute approximate surface area is 313 Å². The summed E-state index contributed by atoms with van der Waals surface area (Å²) in [6.07, 6.45) is 21.5. The Morgan fingerprint density at radius 2 is 1.63 bits per heavy atom. The lowest BCUT2D eigenvalue weighted by molar-refractivity contribution is -0.145. The number of carbonyl (C=O) groups is 2. The molecule has 5 aliphatic carbocycles. The van der Waals surface area contributed by atoms with Gasteiger partial charge in [-0.3, -0.25) is 14.4 Å². The normalized spacial score (nSPS) is 36.6. The first kappa shape index (κ1) is 44.1. The molecule has 1 saturated heterocycles. The zero-order valence-corrected chi connectivity index (χ0v) is 34.3. The molecule has 1 aliphatic heterocycles. The molecule has 0 bridgehead atoms. The highest BCUT2D eigenvalue weighted by molar-refractivity contribution is 5.79. The van der Waals surface area contributed by atoms with Crippen molar-refractivity contribution in [1.29, 1.82) is 0 Å². The van der Waals surface area contributed by atoms with Crippen LogP contribution in [0.1, 0.15) is 130 Å². The molecule has 9 heteroatoms. The van der Waals surface area contributed by atoms with E-state index in [4.69, 9.17) is 19.5 Å². The molecule has 6 fully saturated rings. The van der Waals surface area contributed by atoms with E-state index < -0.39 is 0 Å². The third-order valence-corrected chi connectivity index (χ3v) is 13.8. The van der Waals surface area contributed by atoms with Crippen molar-refractivity contribution >= 4 is 12.3 Å². The molecule has 10 unspecified atom stereocenters. The van der Waals surface area contributed by atoms with E-state index in [1.54, 1.807) is 7.05 Å². The lowest BCUT2D eigenvalue weighted by Crippen LogP contribution is -2.49. The maximum atomic E-state index is 13.5. The average molecular weight is 721 g/mol. The summed E-state index contributed by atoms with van der Waals surface area (Å²) in [5.41, 5.74) is 0.609. The first-order chi connectivity index (χ1) is 24.5. The summed E-state index contributed by atoms with van der Waals surface area (Å²) in [5, 5.41) is 15.0. The van der Waals surface area contributed by atoms with E-state index in [2.05, 4.69) is 62.4 Å². The summed E-state index contributed by atoms with van der Waals surface area (Å²) < 4.78 is 6.23. The van der Waals surface area contributed by atoms with Crippen LogP contribution in [0.4, 0.5) is 0 Å². The zero-order valence-electron chi connectivity index (χ0n) is 34.3. The quantitative estimate of drug-likeness (QED) is 0.222. The minimum absolute atomic E-state index is 0.147. The monoisotopic (exact) mass is 721 g/mol. The number of methoxy groups -OCH3 is 1. The third kappa shape index (κ3) is 13.5. The van der Waals surface area contributed by atoms with Crippen molar-refractivity contribution in [3.8, 4) is 0 Å². The van der Waals surface area contributed by atoms with E-state index in [0.29, 0.717) is 47.6 Å². The van der Waals surface area contributed by atoms with Crippen LogP contribution in [0.2, 0.25) is 0 Å². The number of carbonyl (C=O) groups excluding carboxylic acids is 2. The lowest BCUT2D eigenvalue weighted by atomic mass is 9.65. The van der Waals surface area contributed by atoms with Crippen LogP contribution in [0, 0.1) is 52.8 Å². The summed E-state index contributed by atoms with van der Waals surface area (Å²) in [6.45, 7) is 12.5. The van der Waals surface area contributed by atoms with Gasteiger partial charge in [-0.25, -0.2) is 0 Å². The minimum Gasteiger partial charge on any atom is -0.400 e. The first-order valence-corrected chi connectivity index (χ1v) is 20.9. The molecule has 6 rings (SSSR count). The standard InChI is InChI=1S/C29H51N3O3.C10H20.C2H5NO.CH4O/c1-31(2)24-16-22(25-12-7-11-21(28(25)34-3)19-32-13-8-14-35-32)15-23(17-24)29(33)30-27-18-26(27)20-9-5-4-6-10-20;1-8-5-6-9(2)10(3,4)7-8;1-3-2-4;1-2/h20-28H,4-19H2,1-3H3,(H,30,33);8-9H,5-7H2,1-4H3;2H,1H3,(H,3,4);2H,1H3. The molecule has 2 amide bonds. The van der Waals surface area contributed by atoms with Crippen molar-refractivity contribution in [2.24, 2.45) is 52.8 Å². The molecule has 10 atom stereocenters. The Balaban J connectivity index is 0.000000366. The highest BCUT2D eigenvalue weighted by Gasteiger charge is 2.47. The molecule has 0 aromatic carbocycles. The van der Waals surface area contributed by atoms with Crippen LogP contribution in [-0.2, 0) is 19.2 Å². The number of amides is 2. The predicted molar refractivity (Wildman–Crippen MR) is 208 cm³/mol. The van der Waals surface area contributed by atoms with Crippen LogP contribution in [0.3, 0.4) is 0 Å². The van der Waals surface area contributed by atoms with Gasteiger partial charge in [-0.1, -0.05) is 72.6 Å². The smallest absolute Gasteiger partial charge is 0.223 e. The second-order valence-corrected chi connectivity index (χ2v) is 18.0. The highest BCUT2D eigenvalue weighted by Crippen LogP contribution is 2.47. The predicted octanol–water partition coefficient (Wildman–Crippen LogP) is 6.93. The van der Waals surface area contributed by atoms with E-state index >= 15 is 0 Å². The van der Waals surface area contributed by atoms with Gasteiger partial charge in [0, 0.05) is 58.3 Å². The number of hydrogen-bond donors (Lipinski definition) is 3. The Kier molecular flexibility index (Phi) is 19.2. The van der Waals surface area contributed by atoms with Crippen LogP contribution in [0.15, 0.2) is 0 Å². The molecule has 298 valence electrons. The average Bonchev–Trinajstić information content (AvgIpc) is 3.71. The van der Waals surface area contributed by atoms with E-state index in [0.717, 1.165) is 69.7 Å². The molecule has 0 spiro atoms. The molecule has 0 aromatic rings. The van der Waals surface area contributed by atoms with E-state index in [9.17, 15) is 4.79 Å². The summed E-state index contributed by atoms with van der Waals surface area (Å²) in [5.74, 6) is 5.66. The summed E-state index contributed by atoms with van der Waals surface area (Å²) in [7, 11) is 8.87. The fourth-order valence-corrected chi connectivity index (χ4v) is 10.5. The van der Waals surface area contributed by atoms with Crippen LogP contribution in [0.5, 0.6) is 0 Å². The molecule has 3 N–H and O–H groups in total. The molecule has 9 nitrogen and oxygen atoms in total. The number of ether oxygens (including phenoxy) is 1. The van der Waals surface area contributed by atoms with Gasteiger partial charge >= 0.3 is 0 Å². The molecule has 51 heavy (non-hydrogen) atoms. The molecular weight excluding hydrogens is 640 g/mol. The maximum absolute atomic E-state index is 13.5. The second kappa shape index (κ2) is 22.2. The van der Waals surface area contributed by atoms with Gasteiger partial charge in [0.1, 0.15) is 0 Å². The topological polar surface area (TPSA) is 103 Å². The van der Waals surface area contributed by atoms with Crippen molar-refractivity contribution in [3.05, 3.63) is 0 Å². The van der Waals surface area contributed by atoms with Gasteiger partial charge in [0.25, 0.3) is 0 Å². The largest absolute Gasteiger partial charge is 0.400 e. The van der Waals surface area contributed by atoms with Gasteiger partial charge in [-0.2, -0.15) is 5.06 Å². The van der Waals surface area contributed by atoms with Crippen molar-refractivity contribution in [3.63, 3.8) is 0 Å². The van der Waals surface area contributed by atoms with Crippen molar-refractivity contribution < 1.29 is 24.3 Å². The number of aliphatic hydroxyl groups excluding tert-OH is 1. The van der Waals surface area contributed by atoms with Crippen molar-refractivity contribution in [1.82, 2.24) is 20.6 Å². The van der Waals surface area contributed by atoms with E-state index in [-0.39, 0.29) is 12.0 Å². The maximum Gasteiger partial charge on any atom is 0.223 e. The van der Waals surface area contributed by atoms with Crippen molar-refractivity contribution in [2.45, 2.75) is 149 Å². The van der Waals surface area contributed by atoms with E-state index in [1.165, 1.54) is 83.5 Å². The molecule has 5 saturated carbocycles. The molecule has 0 aromatic heterocycles. The third-order valence-electron chi connectivity index (χ3n) is 13.8. The fourth-order valence-electron chi connectivity index (χ4n) is 10.5. The summed E-state index contributed by atoms with van der Waals surface area (Å²) in [6, 6.07) is 0.938. The SMILES string of the molecule is CC1CCC(C)C(C)(C)C1.CNC=O.CO.COC1C(CN2CCCO2)CCCC1C1CC(C(=O)NC2CC2C2CCCCC2)CC(N(C)C)C1. The number of nitrogens with zero attached hydrogens (tertiary/aromatic N) is 2. The number of hydroxylamine groups is 2. The van der Waals surface area contributed by atoms with Crippen LogP contribution in [0.25, 0.3) is 0 Å². The minimum atomic E-state index is 0.147. The van der Waals surface area contributed by atoms with Gasteiger partial charge in [0.15, 0.2) is 0 Å².